The second kappa shape index (κ2) is 5.97. The number of hydrogen-bond acceptors (Lipinski definition) is 6. The van der Waals surface area contributed by atoms with Crippen LogP contribution in [0.3, 0.4) is 0 Å². The molecule has 0 aliphatic carbocycles. The Morgan fingerprint density at radius 3 is 2.74 bits per heavy atom. The molecule has 23 heavy (non-hydrogen) atoms. The minimum Gasteiger partial charge on any atom is -0.364 e. The molecule has 0 aliphatic heterocycles. The Bertz CT molecular complexity index is 871. The number of primary amides is 1. The standard InChI is InChI=1S/C14H12N6O2S/c1-20-6-9(11(19-20)12(15)21)13(22)17-10-7-23-14(18-10)8-2-4-16-5-3-8/h2-7H,1H3,(H2,15,21)(H,17,22). The van der Waals surface area contributed by atoms with Crippen molar-refractivity contribution in [3.05, 3.63) is 47.4 Å². The van der Waals surface area contributed by atoms with Crippen LogP contribution in [-0.4, -0.2) is 31.6 Å². The summed E-state index contributed by atoms with van der Waals surface area (Å²) in [7, 11) is 1.60. The van der Waals surface area contributed by atoms with Crippen LogP contribution < -0.4 is 11.1 Å². The normalized spacial score (nSPS) is 10.5. The van der Waals surface area contributed by atoms with Gasteiger partial charge < -0.3 is 11.1 Å². The third kappa shape index (κ3) is 3.09. The fourth-order valence-corrected chi connectivity index (χ4v) is 2.74. The lowest BCUT2D eigenvalue weighted by molar-refractivity contribution is 0.0973. The maximum atomic E-state index is 12.3. The van der Waals surface area contributed by atoms with Gasteiger partial charge in [0.2, 0.25) is 0 Å². The molecule has 2 amide bonds. The van der Waals surface area contributed by atoms with Crippen molar-refractivity contribution < 1.29 is 9.59 Å². The smallest absolute Gasteiger partial charge is 0.270 e. The van der Waals surface area contributed by atoms with E-state index in [9.17, 15) is 9.59 Å². The summed E-state index contributed by atoms with van der Waals surface area (Å²) < 4.78 is 1.36. The molecule has 3 N–H and O–H groups in total. The van der Waals surface area contributed by atoms with Gasteiger partial charge in [-0.1, -0.05) is 0 Å². The fraction of sp³-hybridized carbons (Fsp3) is 0.0714. The quantitative estimate of drug-likeness (QED) is 0.748. The molecule has 3 aromatic rings. The van der Waals surface area contributed by atoms with Gasteiger partial charge in [0.1, 0.15) is 10.8 Å². The molecule has 0 aromatic carbocycles. The summed E-state index contributed by atoms with van der Waals surface area (Å²) in [4.78, 5) is 31.9. The summed E-state index contributed by atoms with van der Waals surface area (Å²) in [6.07, 6.45) is 4.78. The molecule has 0 bridgehead atoms. The van der Waals surface area contributed by atoms with Gasteiger partial charge in [0.05, 0.1) is 5.56 Å². The van der Waals surface area contributed by atoms with Gasteiger partial charge in [-0.2, -0.15) is 5.10 Å². The molecule has 3 rings (SSSR count). The van der Waals surface area contributed by atoms with Gasteiger partial charge in [-0.25, -0.2) is 4.98 Å². The average Bonchev–Trinajstić information content (AvgIpc) is 3.15. The Morgan fingerprint density at radius 1 is 1.30 bits per heavy atom. The van der Waals surface area contributed by atoms with Crippen LogP contribution in [0.25, 0.3) is 10.6 Å². The number of carbonyl (C=O) groups is 2. The first kappa shape index (κ1) is 14.9. The van der Waals surface area contributed by atoms with Crippen molar-refractivity contribution >= 4 is 29.0 Å². The number of anilines is 1. The van der Waals surface area contributed by atoms with Crippen molar-refractivity contribution in [2.24, 2.45) is 12.8 Å². The number of nitrogens with two attached hydrogens (primary N) is 1. The van der Waals surface area contributed by atoms with Crippen LogP contribution in [0.5, 0.6) is 0 Å². The van der Waals surface area contributed by atoms with Gasteiger partial charge in [0, 0.05) is 36.6 Å². The molecule has 0 radical (unpaired) electrons. The lowest BCUT2D eigenvalue weighted by atomic mass is 10.2. The molecule has 0 unspecified atom stereocenters. The molecular formula is C14H12N6O2S. The SMILES string of the molecule is Cn1cc(C(=O)Nc2csc(-c3ccncc3)n2)c(C(N)=O)n1. The zero-order valence-corrected chi connectivity index (χ0v) is 12.9. The Kier molecular flexibility index (Phi) is 3.85. The van der Waals surface area contributed by atoms with Crippen molar-refractivity contribution in [2.45, 2.75) is 0 Å². The van der Waals surface area contributed by atoms with Gasteiger partial charge in [-0.05, 0) is 12.1 Å². The summed E-state index contributed by atoms with van der Waals surface area (Å²) in [5.41, 5.74) is 6.17. The number of aryl methyl sites for hydroxylation is 1. The first-order valence-corrected chi connectivity index (χ1v) is 7.43. The Morgan fingerprint density at radius 2 is 2.04 bits per heavy atom. The predicted octanol–water partition coefficient (Wildman–Crippen LogP) is 1.29. The number of aromatic nitrogens is 4. The van der Waals surface area contributed by atoms with Crippen molar-refractivity contribution in [2.75, 3.05) is 5.32 Å². The monoisotopic (exact) mass is 328 g/mol. The largest absolute Gasteiger partial charge is 0.364 e. The minimum absolute atomic E-state index is 0.0745. The van der Waals surface area contributed by atoms with E-state index in [-0.39, 0.29) is 11.3 Å². The lowest BCUT2D eigenvalue weighted by Gasteiger charge is -2.00. The second-order valence-electron chi connectivity index (χ2n) is 4.66. The summed E-state index contributed by atoms with van der Waals surface area (Å²) in [6, 6.07) is 3.66. The molecule has 8 nitrogen and oxygen atoms in total. The molecule has 0 fully saturated rings. The summed E-state index contributed by atoms with van der Waals surface area (Å²) in [5.74, 6) is -0.851. The van der Waals surface area contributed by atoms with Crippen LogP contribution in [0.15, 0.2) is 36.1 Å². The number of nitrogens with zero attached hydrogens (tertiary/aromatic N) is 4. The molecule has 3 aromatic heterocycles. The van der Waals surface area contributed by atoms with E-state index < -0.39 is 11.8 Å². The van der Waals surface area contributed by atoms with Crippen LogP contribution in [-0.2, 0) is 7.05 Å². The molecule has 0 saturated heterocycles. The molecule has 3 heterocycles. The predicted molar refractivity (Wildman–Crippen MR) is 85.0 cm³/mol. The highest BCUT2D eigenvalue weighted by Gasteiger charge is 2.20. The molecule has 0 aliphatic rings. The highest BCUT2D eigenvalue weighted by Crippen LogP contribution is 2.25. The first-order chi connectivity index (χ1) is 11.0. The number of rotatable bonds is 4. The van der Waals surface area contributed by atoms with E-state index in [2.05, 4.69) is 20.4 Å². The summed E-state index contributed by atoms with van der Waals surface area (Å²) in [5, 5.41) is 8.99. The second-order valence-corrected chi connectivity index (χ2v) is 5.52. The number of amides is 2. The Hall–Kier alpha value is -3.07. The fourth-order valence-electron chi connectivity index (χ4n) is 1.98. The third-order valence-electron chi connectivity index (χ3n) is 2.98. The summed E-state index contributed by atoms with van der Waals surface area (Å²) in [6.45, 7) is 0. The van der Waals surface area contributed by atoms with E-state index in [1.807, 2.05) is 12.1 Å². The summed E-state index contributed by atoms with van der Waals surface area (Å²) >= 11 is 1.39. The highest BCUT2D eigenvalue weighted by atomic mass is 32.1. The zero-order chi connectivity index (χ0) is 16.4. The van der Waals surface area contributed by atoms with Gasteiger partial charge >= 0.3 is 0 Å². The zero-order valence-electron chi connectivity index (χ0n) is 12.1. The third-order valence-corrected chi connectivity index (χ3v) is 3.87. The van der Waals surface area contributed by atoms with Crippen LogP contribution in [0.1, 0.15) is 20.8 Å². The van der Waals surface area contributed by atoms with E-state index in [4.69, 9.17) is 5.73 Å². The molecule has 0 atom stereocenters. The highest BCUT2D eigenvalue weighted by molar-refractivity contribution is 7.13. The van der Waals surface area contributed by atoms with Crippen molar-refractivity contribution in [1.29, 1.82) is 0 Å². The van der Waals surface area contributed by atoms with E-state index in [1.54, 1.807) is 24.8 Å². The van der Waals surface area contributed by atoms with E-state index in [0.29, 0.717) is 5.82 Å². The van der Waals surface area contributed by atoms with Crippen LogP contribution in [0, 0.1) is 0 Å². The van der Waals surface area contributed by atoms with Gasteiger partial charge in [0.25, 0.3) is 11.8 Å². The number of carbonyl (C=O) groups excluding carboxylic acids is 2. The van der Waals surface area contributed by atoms with Crippen LogP contribution in [0.2, 0.25) is 0 Å². The topological polar surface area (TPSA) is 116 Å². The molecule has 0 spiro atoms. The number of nitrogens with one attached hydrogen (secondary N) is 1. The van der Waals surface area contributed by atoms with Crippen LogP contribution in [0.4, 0.5) is 5.82 Å². The number of hydrogen-bond donors (Lipinski definition) is 2. The van der Waals surface area contributed by atoms with E-state index in [0.717, 1.165) is 10.6 Å². The first-order valence-electron chi connectivity index (χ1n) is 6.55. The van der Waals surface area contributed by atoms with Crippen molar-refractivity contribution in [3.63, 3.8) is 0 Å². The van der Waals surface area contributed by atoms with Crippen molar-refractivity contribution in [1.82, 2.24) is 19.7 Å². The maximum Gasteiger partial charge on any atom is 0.270 e. The van der Waals surface area contributed by atoms with E-state index in [1.165, 1.54) is 22.2 Å². The maximum absolute atomic E-state index is 12.3. The van der Waals surface area contributed by atoms with Gasteiger partial charge in [-0.3, -0.25) is 19.3 Å². The number of thiazole rings is 1. The average molecular weight is 328 g/mol. The minimum atomic E-state index is -0.758. The number of pyridine rings is 1. The van der Waals surface area contributed by atoms with Crippen molar-refractivity contribution in [3.8, 4) is 10.6 Å². The Balaban J connectivity index is 1.82. The molecule has 0 saturated carbocycles. The lowest BCUT2D eigenvalue weighted by Crippen LogP contribution is -2.19. The molecule has 9 heteroatoms. The Labute approximate surface area is 135 Å². The van der Waals surface area contributed by atoms with Gasteiger partial charge in [0.15, 0.2) is 5.69 Å². The van der Waals surface area contributed by atoms with Gasteiger partial charge in [-0.15, -0.1) is 11.3 Å². The molecule has 116 valence electrons. The van der Waals surface area contributed by atoms with Crippen LogP contribution >= 0.6 is 11.3 Å². The molecular weight excluding hydrogens is 316 g/mol. The van der Waals surface area contributed by atoms with E-state index >= 15 is 0 Å².